The van der Waals surface area contributed by atoms with Crippen molar-refractivity contribution >= 4 is 43.7 Å². The molecule has 5 rings (SSSR count). The summed E-state index contributed by atoms with van der Waals surface area (Å²) in [6.45, 7) is 0.479. The van der Waals surface area contributed by atoms with Gasteiger partial charge in [0.15, 0.2) is 0 Å². The predicted molar refractivity (Wildman–Crippen MR) is 140 cm³/mol. The Kier molecular flexibility index (Phi) is 6.54. The molecule has 2 aromatic carbocycles. The summed E-state index contributed by atoms with van der Waals surface area (Å²) in [5.74, 6) is -1.37. The molecule has 0 aliphatic carbocycles. The third kappa shape index (κ3) is 4.73. The van der Waals surface area contributed by atoms with Crippen LogP contribution in [0.5, 0.6) is 0 Å². The first-order valence-corrected chi connectivity index (χ1v) is 13.6. The highest BCUT2D eigenvalue weighted by atomic mass is 32.2. The van der Waals surface area contributed by atoms with Crippen LogP contribution >= 0.6 is 11.3 Å². The molecule has 37 heavy (non-hydrogen) atoms. The number of anilines is 2. The van der Waals surface area contributed by atoms with Crippen LogP contribution in [0.1, 0.15) is 32.2 Å². The summed E-state index contributed by atoms with van der Waals surface area (Å²) in [7, 11) is -3.66. The first kappa shape index (κ1) is 24.7. The quantitative estimate of drug-likeness (QED) is 0.289. The molecule has 12 heteroatoms. The zero-order valence-electron chi connectivity index (χ0n) is 19.5. The number of carbonyl (C=O) groups excluding carboxylic acids is 2. The number of hydrogen-bond acceptors (Lipinski definition) is 9. The number of thiophene rings is 1. The van der Waals surface area contributed by atoms with Crippen molar-refractivity contribution < 1.29 is 22.5 Å². The van der Waals surface area contributed by atoms with E-state index in [9.17, 15) is 18.0 Å². The van der Waals surface area contributed by atoms with Crippen molar-refractivity contribution in [3.8, 4) is 11.3 Å². The number of benzene rings is 2. The van der Waals surface area contributed by atoms with Crippen molar-refractivity contribution in [2.24, 2.45) is 5.73 Å². The summed E-state index contributed by atoms with van der Waals surface area (Å²) in [6.07, 6.45) is 0.494. The Labute approximate surface area is 216 Å². The molecule has 0 radical (unpaired) electrons. The summed E-state index contributed by atoms with van der Waals surface area (Å²) in [6, 6.07) is 18.6. The van der Waals surface area contributed by atoms with E-state index in [4.69, 9.17) is 16.0 Å². The molecule has 190 valence electrons. The number of rotatable bonds is 8. The fraction of sp³-hybridized carbons (Fsp3) is 0.160. The minimum Gasteiger partial charge on any atom is -0.397 e. The van der Waals surface area contributed by atoms with E-state index in [0.29, 0.717) is 23.7 Å². The number of carbonyl (C=O) groups is 2. The standard InChI is InChI=1S/C25H23N5O5S2/c26-21-20(24(27)32)25(28-16-11-12-30(14-16)37(33,34)17-9-5-2-6-10-17)36-23(21)22(31)19-13-18(29-35-19)15-7-3-1-4-8-15/h1-10,13,16,28H,11-12,14,26H2,(H2,27,32). The first-order chi connectivity index (χ1) is 17.8. The van der Waals surface area contributed by atoms with Crippen LogP contribution in [0.15, 0.2) is 76.1 Å². The number of nitrogens with zero attached hydrogens (tertiary/aromatic N) is 2. The van der Waals surface area contributed by atoms with E-state index in [1.807, 2.05) is 30.3 Å². The van der Waals surface area contributed by atoms with Gasteiger partial charge in [0.05, 0.1) is 16.1 Å². The van der Waals surface area contributed by atoms with Crippen molar-refractivity contribution in [2.75, 3.05) is 24.1 Å². The van der Waals surface area contributed by atoms with Crippen molar-refractivity contribution in [2.45, 2.75) is 17.4 Å². The number of amides is 1. The van der Waals surface area contributed by atoms with Gasteiger partial charge in [-0.3, -0.25) is 9.59 Å². The fourth-order valence-corrected chi connectivity index (χ4v) is 6.86. The highest BCUT2D eigenvalue weighted by molar-refractivity contribution is 7.89. The molecule has 1 aliphatic rings. The molecule has 1 fully saturated rings. The van der Waals surface area contributed by atoms with Gasteiger partial charge in [0.2, 0.25) is 21.6 Å². The molecular formula is C25H23N5O5S2. The van der Waals surface area contributed by atoms with Gasteiger partial charge in [0.25, 0.3) is 5.91 Å². The van der Waals surface area contributed by atoms with Crippen molar-refractivity contribution in [3.63, 3.8) is 0 Å². The van der Waals surface area contributed by atoms with E-state index in [-0.39, 0.29) is 39.4 Å². The highest BCUT2D eigenvalue weighted by Crippen LogP contribution is 2.38. The molecule has 3 heterocycles. The minimum absolute atomic E-state index is 0.0134. The fourth-order valence-electron chi connectivity index (χ4n) is 4.19. The van der Waals surface area contributed by atoms with Gasteiger partial charge in [0, 0.05) is 30.8 Å². The van der Waals surface area contributed by atoms with Gasteiger partial charge < -0.3 is 21.3 Å². The Morgan fingerprint density at radius 3 is 2.43 bits per heavy atom. The SMILES string of the molecule is NC(=O)c1c(NC2CCN(S(=O)(=O)c3ccccc3)C2)sc(C(=O)c2cc(-c3ccccc3)no2)c1N. The lowest BCUT2D eigenvalue weighted by Crippen LogP contribution is -2.31. The Balaban J connectivity index is 1.37. The van der Waals surface area contributed by atoms with Gasteiger partial charge in [0.1, 0.15) is 15.6 Å². The summed E-state index contributed by atoms with van der Waals surface area (Å²) in [5.41, 5.74) is 13.0. The van der Waals surface area contributed by atoms with Gasteiger partial charge in [-0.25, -0.2) is 8.42 Å². The number of ketones is 1. The van der Waals surface area contributed by atoms with Gasteiger partial charge in [-0.05, 0) is 18.6 Å². The third-order valence-corrected chi connectivity index (χ3v) is 9.08. The molecule has 2 aromatic heterocycles. The number of sulfonamides is 1. The molecule has 0 saturated carbocycles. The number of aromatic nitrogens is 1. The second-order valence-electron chi connectivity index (χ2n) is 8.49. The van der Waals surface area contributed by atoms with Gasteiger partial charge in [-0.15, -0.1) is 11.3 Å². The van der Waals surface area contributed by atoms with E-state index in [2.05, 4.69) is 10.5 Å². The maximum absolute atomic E-state index is 13.2. The van der Waals surface area contributed by atoms with E-state index in [1.54, 1.807) is 30.3 Å². The topological polar surface area (TPSA) is 162 Å². The average Bonchev–Trinajstić information content (AvgIpc) is 3.64. The Morgan fingerprint density at radius 2 is 1.76 bits per heavy atom. The maximum Gasteiger partial charge on any atom is 0.253 e. The Bertz CT molecular complexity index is 1570. The molecule has 10 nitrogen and oxygen atoms in total. The summed E-state index contributed by atoms with van der Waals surface area (Å²) < 4.78 is 32.6. The van der Waals surface area contributed by atoms with Crippen molar-refractivity contribution in [3.05, 3.63) is 82.9 Å². The van der Waals surface area contributed by atoms with Gasteiger partial charge in [-0.2, -0.15) is 4.31 Å². The van der Waals surface area contributed by atoms with Crippen LogP contribution in [0.3, 0.4) is 0 Å². The zero-order chi connectivity index (χ0) is 26.2. The lowest BCUT2D eigenvalue weighted by molar-refractivity contribution is 0.1000. The Morgan fingerprint density at radius 1 is 1.08 bits per heavy atom. The number of nitrogens with one attached hydrogen (secondary N) is 1. The van der Waals surface area contributed by atoms with E-state index in [0.717, 1.165) is 16.9 Å². The molecule has 0 spiro atoms. The highest BCUT2D eigenvalue weighted by Gasteiger charge is 2.34. The normalized spacial score (nSPS) is 16.1. The van der Waals surface area contributed by atoms with Crippen LogP contribution in [-0.4, -0.2) is 48.7 Å². The maximum atomic E-state index is 13.2. The largest absolute Gasteiger partial charge is 0.397 e. The van der Waals surface area contributed by atoms with Gasteiger partial charge >= 0.3 is 0 Å². The van der Waals surface area contributed by atoms with Crippen LogP contribution < -0.4 is 16.8 Å². The number of nitrogen functional groups attached to an aromatic ring is 1. The van der Waals surface area contributed by atoms with Crippen LogP contribution in [0.2, 0.25) is 0 Å². The predicted octanol–water partition coefficient (Wildman–Crippen LogP) is 3.19. The lowest BCUT2D eigenvalue weighted by atomic mass is 10.1. The lowest BCUT2D eigenvalue weighted by Gasteiger charge is -2.17. The molecular weight excluding hydrogens is 514 g/mol. The summed E-state index contributed by atoms with van der Waals surface area (Å²) in [4.78, 5) is 25.7. The average molecular weight is 538 g/mol. The first-order valence-electron chi connectivity index (χ1n) is 11.4. The third-order valence-electron chi connectivity index (χ3n) is 6.07. The molecule has 1 saturated heterocycles. The summed E-state index contributed by atoms with van der Waals surface area (Å²) in [5, 5.41) is 7.45. The second-order valence-corrected chi connectivity index (χ2v) is 11.4. The van der Waals surface area contributed by atoms with Crippen LogP contribution in [0.4, 0.5) is 10.7 Å². The molecule has 4 aromatic rings. The molecule has 1 unspecified atom stereocenters. The Hall–Kier alpha value is -4.00. The van der Waals surface area contributed by atoms with Crippen LogP contribution in [0, 0.1) is 0 Å². The smallest absolute Gasteiger partial charge is 0.253 e. The zero-order valence-corrected chi connectivity index (χ0v) is 21.1. The molecule has 5 N–H and O–H groups in total. The summed E-state index contributed by atoms with van der Waals surface area (Å²) >= 11 is 0.972. The molecule has 0 bridgehead atoms. The number of nitrogens with two attached hydrogens (primary N) is 2. The van der Waals surface area contributed by atoms with Crippen LogP contribution in [-0.2, 0) is 10.0 Å². The van der Waals surface area contributed by atoms with E-state index < -0.39 is 21.7 Å². The van der Waals surface area contributed by atoms with Crippen molar-refractivity contribution in [1.82, 2.24) is 9.46 Å². The van der Waals surface area contributed by atoms with Crippen molar-refractivity contribution in [1.29, 1.82) is 0 Å². The van der Waals surface area contributed by atoms with Gasteiger partial charge in [-0.1, -0.05) is 53.7 Å². The van der Waals surface area contributed by atoms with E-state index >= 15 is 0 Å². The number of hydrogen-bond donors (Lipinski definition) is 3. The minimum atomic E-state index is -3.66. The molecule has 1 amide bonds. The number of primary amides is 1. The molecule has 1 atom stereocenters. The monoisotopic (exact) mass is 537 g/mol. The molecule has 1 aliphatic heterocycles. The van der Waals surface area contributed by atoms with Crippen LogP contribution in [0.25, 0.3) is 11.3 Å². The van der Waals surface area contributed by atoms with E-state index in [1.165, 1.54) is 10.4 Å². The second kappa shape index (κ2) is 9.81.